The number of carbonyl (C=O) groups excluding carboxylic acids is 2. The zero-order valence-corrected chi connectivity index (χ0v) is 15.2. The third-order valence-corrected chi connectivity index (χ3v) is 5.55. The smallest absolute Gasteiger partial charge is 0.222 e. The number of hydrogen-bond acceptors (Lipinski definition) is 2. The van der Waals surface area contributed by atoms with Crippen LogP contribution in [-0.2, 0) is 9.59 Å². The van der Waals surface area contributed by atoms with Crippen molar-refractivity contribution in [1.82, 2.24) is 4.90 Å². The molecule has 3 nitrogen and oxygen atoms in total. The van der Waals surface area contributed by atoms with Crippen molar-refractivity contribution in [2.24, 2.45) is 11.8 Å². The number of hydrogen-bond donors (Lipinski definition) is 0. The summed E-state index contributed by atoms with van der Waals surface area (Å²) in [6.45, 7) is 5.16. The molecule has 1 heterocycles. The molecule has 2 fully saturated rings. The molecule has 1 aliphatic carbocycles. The highest BCUT2D eigenvalue weighted by Crippen LogP contribution is 2.35. The number of rotatable bonds is 8. The second kappa shape index (κ2) is 9.44. The molecule has 0 bridgehead atoms. The van der Waals surface area contributed by atoms with E-state index in [0.29, 0.717) is 42.9 Å². The highest BCUT2D eigenvalue weighted by atomic mass is 16.2. The fraction of sp³-hybridized carbons (Fsp3) is 0.900. The maximum atomic E-state index is 12.6. The summed E-state index contributed by atoms with van der Waals surface area (Å²) in [5.41, 5.74) is 0. The van der Waals surface area contributed by atoms with Crippen molar-refractivity contribution in [3.63, 3.8) is 0 Å². The first-order valence-corrected chi connectivity index (χ1v) is 9.89. The molecule has 23 heavy (non-hydrogen) atoms. The summed E-state index contributed by atoms with van der Waals surface area (Å²) >= 11 is 0. The molecule has 1 amide bonds. The molecule has 0 aromatic heterocycles. The topological polar surface area (TPSA) is 37.4 Å². The van der Waals surface area contributed by atoms with E-state index >= 15 is 0 Å². The summed E-state index contributed by atoms with van der Waals surface area (Å²) < 4.78 is 0. The maximum absolute atomic E-state index is 12.6. The average molecular weight is 322 g/mol. The van der Waals surface area contributed by atoms with Gasteiger partial charge in [0, 0.05) is 31.8 Å². The molecule has 2 aliphatic rings. The molecule has 1 saturated heterocycles. The van der Waals surface area contributed by atoms with E-state index in [9.17, 15) is 9.59 Å². The number of nitrogens with zero attached hydrogens (tertiary/aromatic N) is 1. The van der Waals surface area contributed by atoms with Crippen LogP contribution in [0.4, 0.5) is 0 Å². The van der Waals surface area contributed by atoms with Crippen molar-refractivity contribution < 1.29 is 9.59 Å². The van der Waals surface area contributed by atoms with Gasteiger partial charge < -0.3 is 4.90 Å². The molecule has 1 saturated carbocycles. The van der Waals surface area contributed by atoms with Gasteiger partial charge in [-0.25, -0.2) is 0 Å². The molecule has 1 aliphatic heterocycles. The predicted molar refractivity (Wildman–Crippen MR) is 94.2 cm³/mol. The van der Waals surface area contributed by atoms with Crippen LogP contribution in [0.2, 0.25) is 0 Å². The van der Waals surface area contributed by atoms with Gasteiger partial charge in [-0.2, -0.15) is 0 Å². The summed E-state index contributed by atoms with van der Waals surface area (Å²) in [5.74, 6) is 1.99. The fourth-order valence-electron chi connectivity index (χ4n) is 4.41. The van der Waals surface area contributed by atoms with Crippen LogP contribution in [0.5, 0.6) is 0 Å². The number of piperidine rings is 1. The molecule has 0 radical (unpaired) electrons. The average Bonchev–Trinajstić information content (AvgIpc) is 2.53. The van der Waals surface area contributed by atoms with Crippen molar-refractivity contribution in [3.05, 3.63) is 0 Å². The van der Waals surface area contributed by atoms with E-state index in [2.05, 4.69) is 18.7 Å². The van der Waals surface area contributed by atoms with E-state index in [0.717, 1.165) is 31.7 Å². The lowest BCUT2D eigenvalue weighted by Gasteiger charge is -2.44. The lowest BCUT2D eigenvalue weighted by atomic mass is 9.78. The minimum Gasteiger partial charge on any atom is -0.339 e. The van der Waals surface area contributed by atoms with Crippen LogP contribution in [0.3, 0.4) is 0 Å². The zero-order valence-electron chi connectivity index (χ0n) is 15.2. The summed E-state index contributed by atoms with van der Waals surface area (Å²) in [7, 11) is 0. The number of amides is 1. The Morgan fingerprint density at radius 3 is 2.43 bits per heavy atom. The Balaban J connectivity index is 1.63. The van der Waals surface area contributed by atoms with Crippen molar-refractivity contribution >= 4 is 11.7 Å². The molecule has 3 heteroatoms. The minimum absolute atomic E-state index is 0.370. The number of fused-ring (bicyclic) bond motifs is 1. The molecule has 2 rings (SSSR count). The normalized spacial score (nSPS) is 24.6. The van der Waals surface area contributed by atoms with E-state index in [-0.39, 0.29) is 0 Å². The van der Waals surface area contributed by atoms with Gasteiger partial charge >= 0.3 is 0 Å². The number of carbonyl (C=O) groups is 2. The molecule has 0 aromatic rings. The Bertz CT molecular complexity index is 389. The zero-order chi connectivity index (χ0) is 16.7. The van der Waals surface area contributed by atoms with Gasteiger partial charge in [-0.1, -0.05) is 33.1 Å². The molecule has 2 unspecified atom stereocenters. The van der Waals surface area contributed by atoms with Crippen molar-refractivity contribution in [1.29, 1.82) is 0 Å². The highest BCUT2D eigenvalue weighted by Gasteiger charge is 2.35. The van der Waals surface area contributed by atoms with Crippen LogP contribution in [0, 0.1) is 11.8 Å². The maximum Gasteiger partial charge on any atom is 0.222 e. The van der Waals surface area contributed by atoms with Gasteiger partial charge in [0.2, 0.25) is 5.91 Å². The van der Waals surface area contributed by atoms with E-state index < -0.39 is 0 Å². The number of Topliss-reactive ketones (excluding diaryl/α,β-unsaturated/α-hetero) is 1. The first-order valence-electron chi connectivity index (χ1n) is 9.89. The van der Waals surface area contributed by atoms with E-state index in [1.54, 1.807) is 0 Å². The van der Waals surface area contributed by atoms with Crippen LogP contribution >= 0.6 is 0 Å². The summed E-state index contributed by atoms with van der Waals surface area (Å²) in [6.07, 6.45) is 12.7. The first-order chi connectivity index (χ1) is 11.1. The van der Waals surface area contributed by atoms with Crippen LogP contribution in [0.15, 0.2) is 0 Å². The van der Waals surface area contributed by atoms with Crippen LogP contribution in [0.25, 0.3) is 0 Å². The van der Waals surface area contributed by atoms with E-state index in [1.165, 1.54) is 38.5 Å². The van der Waals surface area contributed by atoms with Gasteiger partial charge in [-0.15, -0.1) is 0 Å². The number of likely N-dealkylation sites (tertiary alicyclic amines) is 1. The van der Waals surface area contributed by atoms with Crippen molar-refractivity contribution in [3.8, 4) is 0 Å². The Hall–Kier alpha value is -0.860. The van der Waals surface area contributed by atoms with Gasteiger partial charge in [-0.3, -0.25) is 9.59 Å². The first kappa shape index (κ1) is 18.5. The summed E-state index contributed by atoms with van der Waals surface area (Å²) in [5, 5.41) is 0. The highest BCUT2D eigenvalue weighted by molar-refractivity contribution is 5.78. The van der Waals surface area contributed by atoms with Gasteiger partial charge in [-0.05, 0) is 50.4 Å². The molecular formula is C20H35NO2. The molecule has 2 atom stereocenters. The van der Waals surface area contributed by atoms with Gasteiger partial charge in [0.15, 0.2) is 0 Å². The fourth-order valence-corrected chi connectivity index (χ4v) is 4.41. The summed E-state index contributed by atoms with van der Waals surface area (Å²) in [6, 6.07) is 0.539. The quantitative estimate of drug-likeness (QED) is 0.606. The Morgan fingerprint density at radius 2 is 1.65 bits per heavy atom. The van der Waals surface area contributed by atoms with Crippen molar-refractivity contribution in [2.45, 2.75) is 96.9 Å². The molecule has 0 N–H and O–H groups in total. The van der Waals surface area contributed by atoms with Gasteiger partial charge in [0.25, 0.3) is 0 Å². The van der Waals surface area contributed by atoms with Gasteiger partial charge in [0.05, 0.1) is 0 Å². The van der Waals surface area contributed by atoms with Crippen molar-refractivity contribution in [2.75, 3.05) is 6.54 Å². The monoisotopic (exact) mass is 321 g/mol. The predicted octanol–water partition coefficient (Wildman–Crippen LogP) is 4.73. The third-order valence-electron chi connectivity index (χ3n) is 5.55. The molecule has 0 spiro atoms. The molecule has 132 valence electrons. The Morgan fingerprint density at radius 1 is 0.957 bits per heavy atom. The Kier molecular flexibility index (Phi) is 7.58. The van der Waals surface area contributed by atoms with Crippen LogP contribution in [0.1, 0.15) is 90.9 Å². The lowest BCUT2D eigenvalue weighted by Crippen LogP contribution is -2.49. The second-order valence-electron chi connectivity index (χ2n) is 8.04. The molecular weight excluding hydrogens is 286 g/mol. The Labute approximate surface area is 142 Å². The van der Waals surface area contributed by atoms with Crippen LogP contribution in [-0.4, -0.2) is 29.2 Å². The third kappa shape index (κ3) is 5.93. The van der Waals surface area contributed by atoms with Crippen LogP contribution < -0.4 is 0 Å². The minimum atomic E-state index is 0.370. The van der Waals surface area contributed by atoms with E-state index in [1.807, 2.05) is 0 Å². The van der Waals surface area contributed by atoms with E-state index in [4.69, 9.17) is 0 Å². The standard InChI is InChI=1S/C20H35NO2/c1-16(2)15-18(22)11-4-3-5-13-20(23)21-14-8-10-17-9-6-7-12-19(17)21/h16-17,19H,3-15H2,1-2H3. The SMILES string of the molecule is CC(C)CC(=O)CCCCCC(=O)N1CCCC2CCCCC21. The second-order valence-corrected chi connectivity index (χ2v) is 8.04. The lowest BCUT2D eigenvalue weighted by molar-refractivity contribution is -0.137. The number of unbranched alkanes of at least 4 members (excludes halogenated alkanes) is 2. The number of ketones is 1. The summed E-state index contributed by atoms with van der Waals surface area (Å²) in [4.78, 5) is 26.4. The molecule has 0 aromatic carbocycles. The largest absolute Gasteiger partial charge is 0.339 e. The van der Waals surface area contributed by atoms with Gasteiger partial charge in [0.1, 0.15) is 5.78 Å².